The molecule has 4 heteroatoms. The quantitative estimate of drug-likeness (QED) is 0.761. The van der Waals surface area contributed by atoms with E-state index in [0.29, 0.717) is 5.69 Å². The van der Waals surface area contributed by atoms with Crippen LogP contribution < -0.4 is 5.32 Å². The van der Waals surface area contributed by atoms with Crippen LogP contribution in [0.15, 0.2) is 47.1 Å². The molecule has 1 amide bonds. The standard InChI is InChI=1S/C17H19BrN2O/c1-2-3-4-5-13-6-9-15(10-7-13)20-17(21)16-11-8-14(18)12-19-16/h6-12H,2-5H2,1H3,(H,20,21). The number of nitrogens with zero attached hydrogens (tertiary/aromatic N) is 1. The lowest BCUT2D eigenvalue weighted by molar-refractivity contribution is 0.102. The summed E-state index contributed by atoms with van der Waals surface area (Å²) in [5.41, 5.74) is 2.51. The highest BCUT2D eigenvalue weighted by atomic mass is 79.9. The van der Waals surface area contributed by atoms with Gasteiger partial charge in [0.2, 0.25) is 0 Å². The molecule has 0 unspecified atom stereocenters. The summed E-state index contributed by atoms with van der Waals surface area (Å²) < 4.78 is 0.857. The number of aryl methyl sites for hydroxylation is 1. The first-order valence-corrected chi connectivity index (χ1v) is 8.00. The number of anilines is 1. The zero-order chi connectivity index (χ0) is 15.1. The van der Waals surface area contributed by atoms with Gasteiger partial charge in [0.15, 0.2) is 0 Å². The van der Waals surface area contributed by atoms with E-state index in [0.717, 1.165) is 16.6 Å². The average molecular weight is 347 g/mol. The van der Waals surface area contributed by atoms with E-state index in [9.17, 15) is 4.79 Å². The third kappa shape index (κ3) is 4.97. The molecule has 0 aliphatic rings. The summed E-state index contributed by atoms with van der Waals surface area (Å²) in [4.78, 5) is 16.1. The zero-order valence-electron chi connectivity index (χ0n) is 12.1. The number of carbonyl (C=O) groups is 1. The SMILES string of the molecule is CCCCCc1ccc(NC(=O)c2ccc(Br)cn2)cc1. The van der Waals surface area contributed by atoms with Crippen LogP contribution >= 0.6 is 15.9 Å². The van der Waals surface area contributed by atoms with Crippen molar-refractivity contribution in [1.82, 2.24) is 4.98 Å². The highest BCUT2D eigenvalue weighted by molar-refractivity contribution is 9.10. The first-order chi connectivity index (χ1) is 10.2. The second-order valence-corrected chi connectivity index (χ2v) is 5.89. The number of hydrogen-bond donors (Lipinski definition) is 1. The molecular formula is C17H19BrN2O. The van der Waals surface area contributed by atoms with Gasteiger partial charge in [-0.05, 0) is 58.6 Å². The largest absolute Gasteiger partial charge is 0.321 e. The molecule has 0 bridgehead atoms. The molecular weight excluding hydrogens is 328 g/mol. The van der Waals surface area contributed by atoms with Crippen LogP contribution in [0.5, 0.6) is 0 Å². The van der Waals surface area contributed by atoms with Crippen LogP contribution in [0.4, 0.5) is 5.69 Å². The number of unbranched alkanes of at least 4 members (excludes halogenated alkanes) is 2. The Morgan fingerprint density at radius 1 is 1.14 bits per heavy atom. The molecule has 0 fully saturated rings. The van der Waals surface area contributed by atoms with E-state index in [1.807, 2.05) is 12.1 Å². The molecule has 3 nitrogen and oxygen atoms in total. The Balaban J connectivity index is 1.93. The average Bonchev–Trinajstić information content (AvgIpc) is 2.50. The van der Waals surface area contributed by atoms with Gasteiger partial charge in [0.25, 0.3) is 5.91 Å². The van der Waals surface area contributed by atoms with Crippen LogP contribution in [0.25, 0.3) is 0 Å². The number of halogens is 1. The summed E-state index contributed by atoms with van der Waals surface area (Å²) in [6.45, 7) is 2.20. The molecule has 0 aliphatic heterocycles. The number of rotatable bonds is 6. The van der Waals surface area contributed by atoms with Gasteiger partial charge in [-0.3, -0.25) is 4.79 Å². The Hall–Kier alpha value is -1.68. The number of pyridine rings is 1. The maximum absolute atomic E-state index is 12.0. The normalized spacial score (nSPS) is 10.4. The van der Waals surface area contributed by atoms with Gasteiger partial charge in [0.1, 0.15) is 5.69 Å². The van der Waals surface area contributed by atoms with E-state index >= 15 is 0 Å². The second-order valence-electron chi connectivity index (χ2n) is 4.97. The van der Waals surface area contributed by atoms with Crippen molar-refractivity contribution < 1.29 is 4.79 Å². The summed E-state index contributed by atoms with van der Waals surface area (Å²) in [6, 6.07) is 11.5. The van der Waals surface area contributed by atoms with Gasteiger partial charge in [0, 0.05) is 16.4 Å². The third-order valence-corrected chi connectivity index (χ3v) is 3.71. The van der Waals surface area contributed by atoms with Crippen LogP contribution in [0.3, 0.4) is 0 Å². The number of aromatic nitrogens is 1. The summed E-state index contributed by atoms with van der Waals surface area (Å²) in [5, 5.41) is 2.86. The zero-order valence-corrected chi connectivity index (χ0v) is 13.7. The molecule has 0 saturated heterocycles. The van der Waals surface area contributed by atoms with Gasteiger partial charge in [-0.15, -0.1) is 0 Å². The van der Waals surface area contributed by atoms with E-state index in [4.69, 9.17) is 0 Å². The molecule has 1 aromatic heterocycles. The van der Waals surface area contributed by atoms with Gasteiger partial charge >= 0.3 is 0 Å². The number of hydrogen-bond acceptors (Lipinski definition) is 2. The number of amides is 1. The van der Waals surface area contributed by atoms with Crippen molar-refractivity contribution in [1.29, 1.82) is 0 Å². The molecule has 1 aromatic carbocycles. The second kappa shape index (κ2) is 7.93. The predicted octanol–water partition coefficient (Wildman–Crippen LogP) is 4.83. The van der Waals surface area contributed by atoms with Crippen LogP contribution in [-0.4, -0.2) is 10.9 Å². The molecule has 0 spiro atoms. The van der Waals surface area contributed by atoms with Gasteiger partial charge in [0.05, 0.1) is 0 Å². The van der Waals surface area contributed by atoms with Crippen LogP contribution in [0.1, 0.15) is 42.2 Å². The van der Waals surface area contributed by atoms with Crippen molar-refractivity contribution in [2.24, 2.45) is 0 Å². The molecule has 21 heavy (non-hydrogen) atoms. The molecule has 2 rings (SSSR count). The fourth-order valence-corrected chi connectivity index (χ4v) is 2.27. The van der Waals surface area contributed by atoms with E-state index in [2.05, 4.69) is 45.3 Å². The lowest BCUT2D eigenvalue weighted by Gasteiger charge is -2.06. The van der Waals surface area contributed by atoms with Gasteiger partial charge in [-0.25, -0.2) is 4.98 Å². The molecule has 2 aromatic rings. The Bertz CT molecular complexity index is 579. The first kappa shape index (κ1) is 15.7. The van der Waals surface area contributed by atoms with Gasteiger partial charge in [-0.1, -0.05) is 31.9 Å². The van der Waals surface area contributed by atoms with Crippen molar-refractivity contribution in [2.45, 2.75) is 32.6 Å². The Labute approximate surface area is 133 Å². The molecule has 1 heterocycles. The van der Waals surface area contributed by atoms with E-state index < -0.39 is 0 Å². The fraction of sp³-hybridized carbons (Fsp3) is 0.294. The van der Waals surface area contributed by atoms with Crippen LogP contribution in [0, 0.1) is 0 Å². The third-order valence-electron chi connectivity index (χ3n) is 3.24. The highest BCUT2D eigenvalue weighted by Crippen LogP contribution is 2.14. The predicted molar refractivity (Wildman–Crippen MR) is 89.6 cm³/mol. The molecule has 1 N–H and O–H groups in total. The molecule has 0 saturated carbocycles. The Kier molecular flexibility index (Phi) is 5.93. The van der Waals surface area contributed by atoms with Crippen LogP contribution in [0.2, 0.25) is 0 Å². The fourth-order valence-electron chi connectivity index (χ4n) is 2.04. The lowest BCUT2D eigenvalue weighted by Crippen LogP contribution is -2.13. The summed E-state index contributed by atoms with van der Waals surface area (Å²) in [5.74, 6) is -0.193. The van der Waals surface area contributed by atoms with E-state index in [-0.39, 0.29) is 5.91 Å². The maximum Gasteiger partial charge on any atom is 0.274 e. The Morgan fingerprint density at radius 2 is 1.90 bits per heavy atom. The number of carbonyl (C=O) groups excluding carboxylic acids is 1. The topological polar surface area (TPSA) is 42.0 Å². The smallest absolute Gasteiger partial charge is 0.274 e. The molecule has 0 aliphatic carbocycles. The molecule has 110 valence electrons. The lowest BCUT2D eigenvalue weighted by atomic mass is 10.1. The summed E-state index contributed by atoms with van der Waals surface area (Å²) in [7, 11) is 0. The van der Waals surface area contributed by atoms with Crippen molar-refractivity contribution >= 4 is 27.5 Å². The number of nitrogens with one attached hydrogen (secondary N) is 1. The summed E-state index contributed by atoms with van der Waals surface area (Å²) >= 11 is 3.30. The van der Waals surface area contributed by atoms with Crippen molar-refractivity contribution in [3.05, 3.63) is 58.3 Å². The molecule has 0 radical (unpaired) electrons. The first-order valence-electron chi connectivity index (χ1n) is 7.21. The molecule has 0 atom stereocenters. The van der Waals surface area contributed by atoms with Crippen LogP contribution in [-0.2, 0) is 6.42 Å². The van der Waals surface area contributed by atoms with Crippen molar-refractivity contribution in [2.75, 3.05) is 5.32 Å². The minimum absolute atomic E-state index is 0.193. The monoisotopic (exact) mass is 346 g/mol. The van der Waals surface area contributed by atoms with Gasteiger partial charge < -0.3 is 5.32 Å². The summed E-state index contributed by atoms with van der Waals surface area (Å²) in [6.07, 6.45) is 6.41. The minimum Gasteiger partial charge on any atom is -0.321 e. The maximum atomic E-state index is 12.0. The Morgan fingerprint density at radius 3 is 2.52 bits per heavy atom. The van der Waals surface area contributed by atoms with E-state index in [1.165, 1.54) is 24.8 Å². The number of benzene rings is 1. The van der Waals surface area contributed by atoms with Crippen molar-refractivity contribution in [3.63, 3.8) is 0 Å². The van der Waals surface area contributed by atoms with Crippen molar-refractivity contribution in [3.8, 4) is 0 Å². The highest BCUT2D eigenvalue weighted by Gasteiger charge is 2.07. The van der Waals surface area contributed by atoms with E-state index in [1.54, 1.807) is 18.3 Å². The minimum atomic E-state index is -0.193. The van der Waals surface area contributed by atoms with Gasteiger partial charge in [-0.2, -0.15) is 0 Å².